The smallest absolute Gasteiger partial charge is 0.409 e. The van der Waals surface area contributed by atoms with Crippen molar-refractivity contribution in [2.75, 3.05) is 31.9 Å². The number of amides is 3. The van der Waals surface area contributed by atoms with Crippen LogP contribution in [-0.4, -0.2) is 111 Å². The Kier molecular flexibility index (Phi) is 14.0. The van der Waals surface area contributed by atoms with E-state index >= 15 is 0 Å². The summed E-state index contributed by atoms with van der Waals surface area (Å²) in [4.78, 5) is 56.6. The number of alkyl carbamates (subject to hydrolysis) is 1. The molecule has 8 atom stereocenters. The molecule has 0 radical (unpaired) electrons. The highest BCUT2D eigenvalue weighted by atomic mass is 35.5. The molecule has 0 aliphatic carbocycles. The summed E-state index contributed by atoms with van der Waals surface area (Å²) >= 11 is 8.38. The summed E-state index contributed by atoms with van der Waals surface area (Å²) in [5.74, 6) is -2.88. The molecular formula is C39H56ClN3O10S. The first-order chi connectivity index (χ1) is 25.2. The molecule has 3 aliphatic rings. The number of aliphatic hydroxyl groups is 3. The number of carbonyl (C=O) groups is 4. The fraction of sp³-hybridized carbons (Fsp3) is 0.641. The third-order valence-corrected chi connectivity index (χ3v) is 13.0. The number of carbonyl (C=O) groups excluding carboxylic acids is 4. The van der Waals surface area contributed by atoms with Crippen LogP contribution in [0.3, 0.4) is 0 Å². The Morgan fingerprint density at radius 1 is 1.26 bits per heavy atom. The van der Waals surface area contributed by atoms with Crippen LogP contribution in [0.5, 0.6) is 0 Å². The monoisotopic (exact) mass is 793 g/mol. The lowest BCUT2D eigenvalue weighted by Crippen LogP contribution is -2.62. The van der Waals surface area contributed by atoms with E-state index in [1.807, 2.05) is 33.1 Å². The molecule has 13 nitrogen and oxygen atoms in total. The molecule has 54 heavy (non-hydrogen) atoms. The number of likely N-dealkylation sites (N-methyl/N-ethyl adjacent to an activating group) is 1. The first kappa shape index (κ1) is 43.6. The highest BCUT2D eigenvalue weighted by Gasteiger charge is 2.64. The Morgan fingerprint density at radius 3 is 2.57 bits per heavy atom. The van der Waals surface area contributed by atoms with Crippen LogP contribution in [0.1, 0.15) is 78.4 Å². The van der Waals surface area contributed by atoms with Gasteiger partial charge in [-0.15, -0.1) is 0 Å². The number of fused-ring (bicyclic) bond motifs is 5. The van der Waals surface area contributed by atoms with Gasteiger partial charge in [0.05, 0.1) is 36.4 Å². The maximum Gasteiger partial charge on any atom is 0.409 e. The lowest BCUT2D eigenvalue weighted by molar-refractivity contribution is -0.162. The third kappa shape index (κ3) is 9.80. The molecule has 2 saturated heterocycles. The van der Waals surface area contributed by atoms with Crippen molar-refractivity contribution in [1.82, 2.24) is 10.2 Å². The van der Waals surface area contributed by atoms with E-state index in [1.54, 1.807) is 63.9 Å². The fourth-order valence-electron chi connectivity index (χ4n) is 6.99. The first-order valence-electron chi connectivity index (χ1n) is 18.2. The molecule has 1 aromatic carbocycles. The van der Waals surface area contributed by atoms with E-state index in [1.165, 1.54) is 16.8 Å². The predicted octanol–water partition coefficient (Wildman–Crippen LogP) is 4.51. The second-order valence-electron chi connectivity index (χ2n) is 15.6. The summed E-state index contributed by atoms with van der Waals surface area (Å²) in [6.07, 6.45) is 4.31. The first-order valence-corrected chi connectivity index (χ1v) is 19.8. The van der Waals surface area contributed by atoms with Gasteiger partial charge >= 0.3 is 12.1 Å². The molecule has 3 heterocycles. The molecule has 3 amide bonds. The SMILES string of the molecule is CSC(C)(C)CCC(=O)N(C)[C@H](C)C(=O)O[C@H]1CC(=O)N(C)c2cc(cc(CO)c2Cl)C/C(C)=C/C=C/[C@@H](CO)[C@@]2(O)C[C@H](OC(=O)N2)[C@@H](C)[C@@H]2O[C@@]12C. The molecule has 0 unspecified atom stereocenters. The average Bonchev–Trinajstić information content (AvgIpc) is 3.82. The van der Waals surface area contributed by atoms with Crippen LogP contribution in [0, 0.1) is 11.8 Å². The zero-order valence-corrected chi connectivity index (χ0v) is 34.3. The van der Waals surface area contributed by atoms with Crippen LogP contribution in [0.15, 0.2) is 35.9 Å². The van der Waals surface area contributed by atoms with Gasteiger partial charge in [0.2, 0.25) is 11.8 Å². The minimum Gasteiger partial charge on any atom is -0.457 e. The second kappa shape index (κ2) is 17.3. The molecule has 4 rings (SSSR count). The van der Waals surface area contributed by atoms with E-state index in [4.69, 9.17) is 25.8 Å². The van der Waals surface area contributed by atoms with E-state index in [2.05, 4.69) is 5.32 Å². The molecule has 0 spiro atoms. The zero-order chi connectivity index (χ0) is 40.3. The van der Waals surface area contributed by atoms with E-state index in [9.17, 15) is 34.5 Å². The summed E-state index contributed by atoms with van der Waals surface area (Å²) in [6, 6.07) is 2.52. The number of benzene rings is 1. The second-order valence-corrected chi connectivity index (χ2v) is 17.5. The molecule has 4 bridgehead atoms. The van der Waals surface area contributed by atoms with Crippen molar-refractivity contribution in [3.8, 4) is 0 Å². The number of nitrogens with zero attached hydrogens (tertiary/aromatic N) is 2. The Balaban J connectivity index is 1.73. The molecule has 0 saturated carbocycles. The quantitative estimate of drug-likeness (QED) is 0.204. The number of hydrogen-bond donors (Lipinski definition) is 4. The Labute approximate surface area is 327 Å². The van der Waals surface area contributed by atoms with Gasteiger partial charge in [-0.1, -0.05) is 62.2 Å². The molecule has 1 aromatic rings. The number of halogens is 1. The summed E-state index contributed by atoms with van der Waals surface area (Å²) < 4.78 is 17.9. The Bertz CT molecular complexity index is 1650. The normalized spacial score (nSPS) is 31.2. The van der Waals surface area contributed by atoms with E-state index in [0.717, 1.165) is 11.1 Å². The van der Waals surface area contributed by atoms with Crippen molar-refractivity contribution in [1.29, 1.82) is 0 Å². The van der Waals surface area contributed by atoms with E-state index in [0.29, 0.717) is 24.1 Å². The largest absolute Gasteiger partial charge is 0.457 e. The van der Waals surface area contributed by atoms with Crippen molar-refractivity contribution in [2.45, 2.75) is 121 Å². The number of anilines is 1. The van der Waals surface area contributed by atoms with Crippen LogP contribution in [-0.2, 0) is 41.6 Å². The van der Waals surface area contributed by atoms with Crippen LogP contribution >= 0.6 is 23.4 Å². The number of ether oxygens (including phenoxy) is 3. The average molecular weight is 794 g/mol. The van der Waals surface area contributed by atoms with Crippen LogP contribution in [0.4, 0.5) is 10.5 Å². The fourth-order valence-corrected chi connectivity index (χ4v) is 7.59. The summed E-state index contributed by atoms with van der Waals surface area (Å²) in [5.41, 5.74) is -0.703. The van der Waals surface area contributed by atoms with Gasteiger partial charge in [-0.25, -0.2) is 9.59 Å². The number of epoxide rings is 1. The van der Waals surface area contributed by atoms with Gasteiger partial charge in [-0.3, -0.25) is 14.9 Å². The van der Waals surface area contributed by atoms with Gasteiger partial charge < -0.3 is 39.3 Å². The molecular weight excluding hydrogens is 738 g/mol. The van der Waals surface area contributed by atoms with E-state index in [-0.39, 0.29) is 41.5 Å². The molecule has 4 N–H and O–H groups in total. The van der Waals surface area contributed by atoms with Crippen molar-refractivity contribution in [2.24, 2.45) is 11.8 Å². The van der Waals surface area contributed by atoms with Crippen molar-refractivity contribution in [3.63, 3.8) is 0 Å². The molecule has 300 valence electrons. The van der Waals surface area contributed by atoms with Gasteiger partial charge in [0, 0.05) is 43.5 Å². The zero-order valence-electron chi connectivity index (χ0n) is 32.7. The summed E-state index contributed by atoms with van der Waals surface area (Å²) in [6.45, 7) is 10.2. The van der Waals surface area contributed by atoms with Gasteiger partial charge in [0.1, 0.15) is 23.9 Å². The standard InChI is InChI=1S/C39H56ClN3O10S/c1-22-11-10-12-27(21-45)39(50)19-29(51-36(49)41-39)23(2)34-38(6,53-34)30(52-35(48)24(3)42(7)31(46)13-14-37(4,5)54-9)18-32(47)43(8)28-17-25(15-22)16-26(20-44)33(28)40/h10-12,16-17,23-24,27,29-30,34,44-45,50H,13-15,18-21H2,1-9H3,(H,41,49)/b12-10+,22-11+/t23-,24-,27+,29+,30+,34+,38+,39+/m1/s1. The van der Waals surface area contributed by atoms with Crippen LogP contribution < -0.4 is 10.2 Å². The minimum absolute atomic E-state index is 0.0915. The van der Waals surface area contributed by atoms with Crippen molar-refractivity contribution < 1.29 is 48.7 Å². The van der Waals surface area contributed by atoms with Gasteiger partial charge in [0.25, 0.3) is 0 Å². The highest BCUT2D eigenvalue weighted by Crippen LogP contribution is 2.49. The molecule has 0 aromatic heterocycles. The Hall–Kier alpha value is -3.14. The van der Waals surface area contributed by atoms with Gasteiger partial charge in [0.15, 0.2) is 5.72 Å². The number of esters is 1. The topological polar surface area (TPSA) is 178 Å². The molecule has 3 aliphatic heterocycles. The third-order valence-electron chi connectivity index (χ3n) is 11.2. The highest BCUT2D eigenvalue weighted by molar-refractivity contribution is 7.99. The van der Waals surface area contributed by atoms with Crippen molar-refractivity contribution >= 4 is 52.9 Å². The van der Waals surface area contributed by atoms with Gasteiger partial charge in [-0.05, 0) is 57.1 Å². The minimum atomic E-state index is -1.86. The maximum atomic E-state index is 14.1. The number of allylic oxidation sites excluding steroid dienone is 3. The number of rotatable bonds is 9. The summed E-state index contributed by atoms with van der Waals surface area (Å²) in [7, 11) is 3.09. The lowest BCUT2D eigenvalue weighted by Gasteiger charge is -2.42. The van der Waals surface area contributed by atoms with Gasteiger partial charge in [-0.2, -0.15) is 11.8 Å². The molecule has 15 heteroatoms. The predicted molar refractivity (Wildman–Crippen MR) is 207 cm³/mol. The number of nitrogens with one attached hydrogen (secondary N) is 1. The van der Waals surface area contributed by atoms with Crippen LogP contribution in [0.25, 0.3) is 0 Å². The Morgan fingerprint density at radius 2 is 1.94 bits per heavy atom. The lowest BCUT2D eigenvalue weighted by atomic mass is 9.81. The molecule has 2 fully saturated rings. The number of thioether (sulfide) groups is 1. The maximum absolute atomic E-state index is 14.1. The number of aliphatic hydroxyl groups excluding tert-OH is 2. The van der Waals surface area contributed by atoms with Crippen LogP contribution in [0.2, 0.25) is 5.02 Å². The summed E-state index contributed by atoms with van der Waals surface area (Å²) in [5, 5.41) is 34.8. The van der Waals surface area contributed by atoms with E-state index < -0.39 is 72.1 Å². The number of hydrogen-bond acceptors (Lipinski definition) is 11. The van der Waals surface area contributed by atoms with Crippen molar-refractivity contribution in [3.05, 3.63) is 52.1 Å².